The second-order valence-electron chi connectivity index (χ2n) is 5.66. The summed E-state index contributed by atoms with van der Waals surface area (Å²) in [7, 11) is 0. The Morgan fingerprint density at radius 2 is 1.40 bits per heavy atom. The zero-order valence-corrected chi connectivity index (χ0v) is 15.7. The van der Waals surface area contributed by atoms with E-state index in [1.807, 2.05) is 23.5 Å². The Hall–Kier alpha value is 0.440. The van der Waals surface area contributed by atoms with Gasteiger partial charge in [0.2, 0.25) is 0 Å². The molecule has 0 aliphatic rings. The maximum Gasteiger partial charge on any atom is 0.000250 e. The van der Waals surface area contributed by atoms with Gasteiger partial charge in [-0.25, -0.2) is 0 Å². The van der Waals surface area contributed by atoms with Crippen LogP contribution in [0.25, 0.3) is 0 Å². The Morgan fingerprint density at radius 1 is 0.750 bits per heavy atom. The highest BCUT2D eigenvalue weighted by Gasteiger charge is 2.04. The lowest BCUT2D eigenvalue weighted by Gasteiger charge is -2.11. The lowest BCUT2D eigenvalue weighted by Crippen LogP contribution is -2.01. The van der Waals surface area contributed by atoms with E-state index in [4.69, 9.17) is 0 Å². The number of thioether (sulfide) groups is 2. The fraction of sp³-hybridized carbons (Fsp3) is 0.889. The van der Waals surface area contributed by atoms with Crippen molar-refractivity contribution >= 4 is 23.5 Å². The fourth-order valence-corrected chi connectivity index (χ4v) is 4.12. The molecule has 0 aromatic carbocycles. The van der Waals surface area contributed by atoms with Crippen molar-refractivity contribution in [3.05, 3.63) is 10.8 Å². The van der Waals surface area contributed by atoms with Crippen LogP contribution < -0.4 is 0 Å². The van der Waals surface area contributed by atoms with Crippen LogP contribution in [-0.4, -0.2) is 11.5 Å². The number of hydrogen-bond donors (Lipinski definition) is 0. The molecule has 0 aromatic heterocycles. The Morgan fingerprint density at radius 3 is 2.10 bits per heavy atom. The maximum atomic E-state index is 2.33. The molecular formula is C18H36S2. The molecule has 0 fully saturated rings. The monoisotopic (exact) mass is 316 g/mol. The van der Waals surface area contributed by atoms with Crippen molar-refractivity contribution in [2.75, 3.05) is 11.5 Å². The van der Waals surface area contributed by atoms with Gasteiger partial charge in [-0.2, -0.15) is 0 Å². The normalized spacial score (nSPS) is 13.2. The summed E-state index contributed by atoms with van der Waals surface area (Å²) in [5, 5.41) is 4.62. The first-order valence-corrected chi connectivity index (χ1v) is 10.8. The molecular weight excluding hydrogens is 280 g/mol. The van der Waals surface area contributed by atoms with Crippen LogP contribution in [0.15, 0.2) is 10.8 Å². The molecule has 0 nitrogen and oxygen atoms in total. The van der Waals surface area contributed by atoms with Crippen molar-refractivity contribution < 1.29 is 0 Å². The van der Waals surface area contributed by atoms with Crippen LogP contribution >= 0.6 is 23.5 Å². The van der Waals surface area contributed by atoms with Gasteiger partial charge in [0.1, 0.15) is 0 Å². The number of rotatable bonds is 15. The first kappa shape index (κ1) is 20.4. The van der Waals surface area contributed by atoms with Gasteiger partial charge in [-0.1, -0.05) is 72.1 Å². The van der Waals surface area contributed by atoms with Gasteiger partial charge in [0.05, 0.1) is 0 Å². The predicted molar refractivity (Wildman–Crippen MR) is 101 cm³/mol. The predicted octanol–water partition coefficient (Wildman–Crippen LogP) is 7.50. The SMILES string of the molecule is CCCCCCCCSC=CSCC(CC)CCCC. The highest BCUT2D eigenvalue weighted by molar-refractivity contribution is 8.05. The summed E-state index contributed by atoms with van der Waals surface area (Å²) in [6.45, 7) is 6.90. The maximum absolute atomic E-state index is 2.33. The Bertz CT molecular complexity index is 202. The van der Waals surface area contributed by atoms with Crippen molar-refractivity contribution in [2.24, 2.45) is 5.92 Å². The Balaban J connectivity index is 3.30. The smallest absolute Gasteiger partial charge is 0.000250 e. The van der Waals surface area contributed by atoms with Crippen molar-refractivity contribution in [2.45, 2.75) is 85.0 Å². The van der Waals surface area contributed by atoms with E-state index in [1.165, 1.54) is 75.7 Å². The summed E-state index contributed by atoms with van der Waals surface area (Å²) < 4.78 is 0. The van der Waals surface area contributed by atoms with Gasteiger partial charge in [0, 0.05) is 5.75 Å². The standard InChI is InChI=1S/C18H36S2/c1-4-7-9-10-11-12-14-19-15-16-20-17-18(6-3)13-8-5-2/h15-16,18H,4-14,17H2,1-3H3. The first-order chi connectivity index (χ1) is 9.85. The second-order valence-corrected chi connectivity index (χ2v) is 7.61. The molecule has 0 aromatic rings. The molecule has 0 saturated carbocycles. The van der Waals surface area contributed by atoms with Crippen LogP contribution in [0.3, 0.4) is 0 Å². The summed E-state index contributed by atoms with van der Waals surface area (Å²) in [5.74, 6) is 3.54. The third-order valence-electron chi connectivity index (χ3n) is 3.74. The average Bonchev–Trinajstić information content (AvgIpc) is 2.48. The van der Waals surface area contributed by atoms with E-state index in [-0.39, 0.29) is 0 Å². The van der Waals surface area contributed by atoms with Crippen molar-refractivity contribution in [3.63, 3.8) is 0 Å². The van der Waals surface area contributed by atoms with Crippen LogP contribution in [0.5, 0.6) is 0 Å². The topological polar surface area (TPSA) is 0 Å². The molecule has 1 atom stereocenters. The van der Waals surface area contributed by atoms with Gasteiger partial charge in [0.25, 0.3) is 0 Å². The summed E-state index contributed by atoms with van der Waals surface area (Å²) in [5.41, 5.74) is 0. The molecule has 0 bridgehead atoms. The molecule has 0 rings (SSSR count). The van der Waals surface area contributed by atoms with E-state index in [9.17, 15) is 0 Å². The van der Waals surface area contributed by atoms with E-state index >= 15 is 0 Å². The highest BCUT2D eigenvalue weighted by Crippen LogP contribution is 2.20. The summed E-state index contributed by atoms with van der Waals surface area (Å²) in [6.07, 6.45) is 13.9. The van der Waals surface area contributed by atoms with E-state index in [2.05, 4.69) is 31.6 Å². The largest absolute Gasteiger partial charge is 0.134 e. The molecule has 0 radical (unpaired) electrons. The molecule has 0 aliphatic heterocycles. The average molecular weight is 317 g/mol. The molecule has 0 amide bonds. The third kappa shape index (κ3) is 14.8. The number of hydrogen-bond acceptors (Lipinski definition) is 2. The molecule has 0 saturated heterocycles. The minimum Gasteiger partial charge on any atom is -0.134 e. The first-order valence-electron chi connectivity index (χ1n) is 8.73. The van der Waals surface area contributed by atoms with Gasteiger partial charge < -0.3 is 0 Å². The van der Waals surface area contributed by atoms with E-state index in [0.717, 1.165) is 5.92 Å². The van der Waals surface area contributed by atoms with Crippen LogP contribution in [0.4, 0.5) is 0 Å². The van der Waals surface area contributed by atoms with Crippen LogP contribution in [-0.2, 0) is 0 Å². The Kier molecular flexibility index (Phi) is 17.9. The van der Waals surface area contributed by atoms with Crippen LogP contribution in [0.2, 0.25) is 0 Å². The highest BCUT2D eigenvalue weighted by atomic mass is 32.2. The van der Waals surface area contributed by atoms with Crippen molar-refractivity contribution in [1.29, 1.82) is 0 Å². The summed E-state index contributed by atoms with van der Waals surface area (Å²) in [4.78, 5) is 0. The zero-order valence-electron chi connectivity index (χ0n) is 14.0. The van der Waals surface area contributed by atoms with Gasteiger partial charge >= 0.3 is 0 Å². The van der Waals surface area contributed by atoms with Crippen LogP contribution in [0.1, 0.15) is 85.0 Å². The molecule has 0 N–H and O–H groups in total. The molecule has 2 heteroatoms. The van der Waals surface area contributed by atoms with Gasteiger partial charge in [0.15, 0.2) is 0 Å². The molecule has 0 spiro atoms. The lowest BCUT2D eigenvalue weighted by molar-refractivity contribution is 0.500. The van der Waals surface area contributed by atoms with Gasteiger partial charge in [-0.05, 0) is 35.3 Å². The fourth-order valence-electron chi connectivity index (χ4n) is 2.20. The molecule has 0 heterocycles. The van der Waals surface area contributed by atoms with Crippen molar-refractivity contribution in [3.8, 4) is 0 Å². The minimum absolute atomic E-state index is 0.924. The summed E-state index contributed by atoms with van der Waals surface area (Å²) in [6, 6.07) is 0. The van der Waals surface area contributed by atoms with E-state index < -0.39 is 0 Å². The van der Waals surface area contributed by atoms with Crippen molar-refractivity contribution in [1.82, 2.24) is 0 Å². The number of unbranched alkanes of at least 4 members (excludes halogenated alkanes) is 6. The molecule has 1 unspecified atom stereocenters. The Labute approximate surface area is 136 Å². The van der Waals surface area contributed by atoms with Gasteiger partial charge in [-0.3, -0.25) is 0 Å². The second kappa shape index (κ2) is 17.5. The lowest BCUT2D eigenvalue weighted by atomic mass is 10.0. The molecule has 0 aliphatic carbocycles. The minimum atomic E-state index is 0.924. The zero-order chi connectivity index (χ0) is 14.9. The van der Waals surface area contributed by atoms with Gasteiger partial charge in [-0.15, -0.1) is 23.5 Å². The third-order valence-corrected chi connectivity index (χ3v) is 5.76. The molecule has 20 heavy (non-hydrogen) atoms. The van der Waals surface area contributed by atoms with E-state index in [1.54, 1.807) is 0 Å². The summed E-state index contributed by atoms with van der Waals surface area (Å²) >= 11 is 4.00. The van der Waals surface area contributed by atoms with Crippen LogP contribution in [0, 0.1) is 5.92 Å². The van der Waals surface area contributed by atoms with E-state index in [0.29, 0.717) is 0 Å². The quantitative estimate of drug-likeness (QED) is 0.287. The molecule has 120 valence electrons.